The van der Waals surface area contributed by atoms with Crippen LogP contribution in [-0.4, -0.2) is 0 Å². The SMILES string of the molecule is CC(C)(C)C[C@@H]1CC1c1ccccc1. The Bertz CT molecular complexity index is 292. The molecule has 0 spiro atoms. The van der Waals surface area contributed by atoms with E-state index in [1.54, 1.807) is 5.56 Å². The summed E-state index contributed by atoms with van der Waals surface area (Å²) >= 11 is 0. The van der Waals surface area contributed by atoms with E-state index in [0.717, 1.165) is 11.8 Å². The maximum atomic E-state index is 2.34. The van der Waals surface area contributed by atoms with Crippen molar-refractivity contribution < 1.29 is 0 Å². The van der Waals surface area contributed by atoms with Gasteiger partial charge in [0.2, 0.25) is 0 Å². The van der Waals surface area contributed by atoms with Crippen molar-refractivity contribution >= 4 is 0 Å². The van der Waals surface area contributed by atoms with Gasteiger partial charge >= 0.3 is 0 Å². The second-order valence-electron chi connectivity index (χ2n) is 5.78. The molecule has 2 rings (SSSR count). The van der Waals surface area contributed by atoms with Crippen molar-refractivity contribution in [2.45, 2.75) is 39.5 Å². The standard InChI is InChI=1S/C14H20/c1-14(2,3)10-12-9-13(12)11-7-5-4-6-8-11/h4-8,12-13H,9-10H2,1-3H3/t12-,13?/m0/s1. The first kappa shape index (κ1) is 9.76. The minimum atomic E-state index is 0.494. The van der Waals surface area contributed by atoms with E-state index in [1.807, 2.05) is 0 Å². The molecule has 0 bridgehead atoms. The smallest absolute Gasteiger partial charge is 0.0130 e. The monoisotopic (exact) mass is 188 g/mol. The Kier molecular flexibility index (Phi) is 2.38. The molecule has 1 aromatic rings. The number of hydrogen-bond donors (Lipinski definition) is 0. The van der Waals surface area contributed by atoms with Crippen LogP contribution in [0.15, 0.2) is 30.3 Å². The topological polar surface area (TPSA) is 0 Å². The van der Waals surface area contributed by atoms with Crippen LogP contribution >= 0.6 is 0 Å². The quantitative estimate of drug-likeness (QED) is 0.651. The second kappa shape index (κ2) is 3.42. The third-order valence-corrected chi connectivity index (χ3v) is 3.02. The highest BCUT2D eigenvalue weighted by Gasteiger charge is 2.39. The largest absolute Gasteiger partial charge is 0.0622 e. The van der Waals surface area contributed by atoms with Crippen molar-refractivity contribution in [2.24, 2.45) is 11.3 Å². The van der Waals surface area contributed by atoms with Crippen molar-refractivity contribution in [3.63, 3.8) is 0 Å². The summed E-state index contributed by atoms with van der Waals surface area (Å²) in [6.07, 6.45) is 2.77. The first-order chi connectivity index (χ1) is 6.56. The zero-order valence-electron chi connectivity index (χ0n) is 9.46. The summed E-state index contributed by atoms with van der Waals surface area (Å²) in [5, 5.41) is 0. The van der Waals surface area contributed by atoms with E-state index in [2.05, 4.69) is 51.1 Å². The lowest BCUT2D eigenvalue weighted by Gasteiger charge is -2.17. The van der Waals surface area contributed by atoms with Crippen molar-refractivity contribution in [3.8, 4) is 0 Å². The van der Waals surface area contributed by atoms with Crippen LogP contribution in [0, 0.1) is 11.3 Å². The van der Waals surface area contributed by atoms with Crippen molar-refractivity contribution in [3.05, 3.63) is 35.9 Å². The fourth-order valence-electron chi connectivity index (χ4n) is 2.37. The van der Waals surface area contributed by atoms with E-state index in [1.165, 1.54) is 12.8 Å². The molecular weight excluding hydrogens is 168 g/mol. The predicted molar refractivity (Wildman–Crippen MR) is 61.4 cm³/mol. The maximum absolute atomic E-state index is 2.34. The first-order valence-corrected chi connectivity index (χ1v) is 5.61. The fourth-order valence-corrected chi connectivity index (χ4v) is 2.37. The lowest BCUT2D eigenvalue weighted by Crippen LogP contribution is -2.06. The summed E-state index contributed by atoms with van der Waals surface area (Å²) in [5.41, 5.74) is 2.04. The van der Waals surface area contributed by atoms with Gasteiger partial charge in [0, 0.05) is 0 Å². The van der Waals surface area contributed by atoms with E-state index in [9.17, 15) is 0 Å². The van der Waals surface area contributed by atoms with Crippen LogP contribution < -0.4 is 0 Å². The predicted octanol–water partition coefficient (Wildman–Crippen LogP) is 4.23. The Morgan fingerprint density at radius 1 is 1.14 bits per heavy atom. The molecule has 76 valence electrons. The fraction of sp³-hybridized carbons (Fsp3) is 0.571. The molecule has 0 radical (unpaired) electrons. The minimum Gasteiger partial charge on any atom is -0.0622 e. The molecule has 2 atom stereocenters. The first-order valence-electron chi connectivity index (χ1n) is 5.61. The van der Waals surface area contributed by atoms with Gasteiger partial charge in [0.05, 0.1) is 0 Å². The third kappa shape index (κ3) is 2.37. The lowest BCUT2D eigenvalue weighted by molar-refractivity contribution is 0.350. The molecule has 1 fully saturated rings. The summed E-state index contributed by atoms with van der Waals surface area (Å²) in [6.45, 7) is 7.02. The summed E-state index contributed by atoms with van der Waals surface area (Å²) < 4.78 is 0. The van der Waals surface area contributed by atoms with E-state index in [-0.39, 0.29) is 0 Å². The Morgan fingerprint density at radius 3 is 2.36 bits per heavy atom. The molecule has 0 aromatic heterocycles. The van der Waals surface area contributed by atoms with Crippen LogP contribution in [0.1, 0.15) is 45.1 Å². The van der Waals surface area contributed by atoms with Gasteiger partial charge in [-0.05, 0) is 35.7 Å². The zero-order valence-corrected chi connectivity index (χ0v) is 9.46. The molecule has 0 saturated heterocycles. The van der Waals surface area contributed by atoms with Crippen molar-refractivity contribution in [2.75, 3.05) is 0 Å². The van der Waals surface area contributed by atoms with Crippen LogP contribution in [0.3, 0.4) is 0 Å². The maximum Gasteiger partial charge on any atom is -0.0130 e. The van der Waals surface area contributed by atoms with Crippen molar-refractivity contribution in [1.29, 1.82) is 0 Å². The molecule has 0 aliphatic heterocycles. The van der Waals surface area contributed by atoms with Gasteiger partial charge in [-0.3, -0.25) is 0 Å². The van der Waals surface area contributed by atoms with Gasteiger partial charge in [0.25, 0.3) is 0 Å². The number of hydrogen-bond acceptors (Lipinski definition) is 0. The molecule has 14 heavy (non-hydrogen) atoms. The molecular formula is C14H20. The highest BCUT2D eigenvalue weighted by molar-refractivity contribution is 5.25. The molecule has 0 N–H and O–H groups in total. The minimum absolute atomic E-state index is 0.494. The van der Waals surface area contributed by atoms with Crippen molar-refractivity contribution in [1.82, 2.24) is 0 Å². The molecule has 0 nitrogen and oxygen atoms in total. The van der Waals surface area contributed by atoms with Crippen LogP contribution in [0.2, 0.25) is 0 Å². The molecule has 1 unspecified atom stereocenters. The van der Waals surface area contributed by atoms with Gasteiger partial charge < -0.3 is 0 Å². The van der Waals surface area contributed by atoms with Gasteiger partial charge in [-0.2, -0.15) is 0 Å². The lowest BCUT2D eigenvalue weighted by atomic mass is 9.88. The summed E-state index contributed by atoms with van der Waals surface area (Å²) in [4.78, 5) is 0. The summed E-state index contributed by atoms with van der Waals surface area (Å²) in [6, 6.07) is 11.0. The second-order valence-corrected chi connectivity index (χ2v) is 5.78. The van der Waals surface area contributed by atoms with E-state index < -0.39 is 0 Å². The Balaban J connectivity index is 1.94. The zero-order chi connectivity index (χ0) is 10.2. The molecule has 1 aliphatic rings. The highest BCUT2D eigenvalue weighted by atomic mass is 14.4. The molecule has 1 aliphatic carbocycles. The van der Waals surface area contributed by atoms with Gasteiger partial charge in [0.15, 0.2) is 0 Å². The van der Waals surface area contributed by atoms with E-state index in [4.69, 9.17) is 0 Å². The molecule has 0 amide bonds. The van der Waals surface area contributed by atoms with Gasteiger partial charge in [0.1, 0.15) is 0 Å². The summed E-state index contributed by atoms with van der Waals surface area (Å²) in [7, 11) is 0. The van der Waals surface area contributed by atoms with Crippen LogP contribution in [0.5, 0.6) is 0 Å². The van der Waals surface area contributed by atoms with Gasteiger partial charge in [-0.25, -0.2) is 0 Å². The number of benzene rings is 1. The van der Waals surface area contributed by atoms with Crippen LogP contribution in [0.4, 0.5) is 0 Å². The Hall–Kier alpha value is -0.780. The van der Waals surface area contributed by atoms with Crippen LogP contribution in [0.25, 0.3) is 0 Å². The third-order valence-electron chi connectivity index (χ3n) is 3.02. The van der Waals surface area contributed by atoms with E-state index in [0.29, 0.717) is 5.41 Å². The summed E-state index contributed by atoms with van der Waals surface area (Å²) in [5.74, 6) is 1.80. The Morgan fingerprint density at radius 2 is 1.79 bits per heavy atom. The van der Waals surface area contributed by atoms with Crippen LogP contribution in [-0.2, 0) is 0 Å². The molecule has 0 heterocycles. The van der Waals surface area contributed by atoms with E-state index >= 15 is 0 Å². The molecule has 1 saturated carbocycles. The average molecular weight is 188 g/mol. The number of rotatable bonds is 2. The molecule has 1 aromatic carbocycles. The normalized spacial score (nSPS) is 26.2. The van der Waals surface area contributed by atoms with Gasteiger partial charge in [-0.15, -0.1) is 0 Å². The Labute approximate surface area is 87.3 Å². The average Bonchev–Trinajstić information content (AvgIpc) is 2.82. The van der Waals surface area contributed by atoms with Gasteiger partial charge in [-0.1, -0.05) is 51.1 Å². The molecule has 0 heteroatoms. The highest BCUT2D eigenvalue weighted by Crippen LogP contribution is 2.52.